The van der Waals surface area contributed by atoms with Gasteiger partial charge in [-0.15, -0.1) is 0 Å². The fourth-order valence-corrected chi connectivity index (χ4v) is 107. The molecule has 0 spiro atoms. The molecule has 4 aliphatic rings. The van der Waals surface area contributed by atoms with E-state index < -0.39 is 64.6 Å². The van der Waals surface area contributed by atoms with Gasteiger partial charge in [0.05, 0.1) is 0 Å². The fourth-order valence-electron chi connectivity index (χ4n) is 4.62. The van der Waals surface area contributed by atoms with Crippen molar-refractivity contribution >= 4 is 64.6 Å². The van der Waals surface area contributed by atoms with E-state index in [9.17, 15) is 0 Å². The molecule has 0 radical (unpaired) electrons. The Kier molecular flexibility index (Phi) is 2.96. The normalized spacial score (nSPS) is 73.0. The standard InChI is InChI=1S/C8H24O8Si8/c1-17-9-19(3)13-23(7)14-20(4,10-17)22(6)12-18(17,2)11-21(19,5)15-24(23,8)16-22/h1-8H3. The third kappa shape index (κ3) is 1.61. The summed E-state index contributed by atoms with van der Waals surface area (Å²) < 4.78 is 54.6. The van der Waals surface area contributed by atoms with Crippen LogP contribution in [0.25, 0.3) is 0 Å². The number of rotatable bonds is 0. The highest BCUT2D eigenvalue weighted by molar-refractivity contribution is 7.59. The minimum absolute atomic E-state index is 2.08. The minimum Gasteiger partial charge on any atom is -0.414 e. The van der Waals surface area contributed by atoms with Gasteiger partial charge in [-0.05, 0) is 52.4 Å². The highest BCUT2D eigenvalue weighted by Gasteiger charge is 2.92. The molecular formula is C8H24O8Si8. The summed E-state index contributed by atoms with van der Waals surface area (Å²) in [7, 11) is -21.7. The third-order valence-electron chi connectivity index (χ3n) is 6.42. The van der Waals surface area contributed by atoms with Gasteiger partial charge >= 0.3 is 64.6 Å². The quantitative estimate of drug-likeness (QED) is 0.485. The summed E-state index contributed by atoms with van der Waals surface area (Å²) in [6, 6.07) is 0. The molecule has 0 amide bonds. The molecule has 4 heterocycles. The lowest BCUT2D eigenvalue weighted by atomic mass is 11.9. The summed E-state index contributed by atoms with van der Waals surface area (Å²) in [5, 5.41) is 0. The van der Waals surface area contributed by atoms with Crippen LogP contribution < -0.4 is 0 Å². The van der Waals surface area contributed by atoms with Crippen LogP contribution in [0.4, 0.5) is 0 Å². The Morgan fingerprint density at radius 2 is 0.333 bits per heavy atom. The summed E-state index contributed by atoms with van der Waals surface area (Å²) in [6.07, 6.45) is 0. The molecule has 8 nitrogen and oxygen atoms in total. The summed E-state index contributed by atoms with van der Waals surface area (Å²) in [5.74, 6) is 0. The average molecular weight is 473 g/mol. The highest BCUT2D eigenvalue weighted by atomic mass is 29.4. The Balaban J connectivity index is 1.83. The second-order valence-electron chi connectivity index (χ2n) is 8.38. The molecule has 4 saturated heterocycles. The maximum absolute atomic E-state index is 6.83. The van der Waals surface area contributed by atoms with Gasteiger partial charge in [0, 0.05) is 0 Å². The zero-order valence-corrected chi connectivity index (χ0v) is 23.3. The summed E-state index contributed by atoms with van der Waals surface area (Å²) in [6.45, 7) is 16.6. The molecule has 136 valence electrons. The lowest BCUT2D eigenvalue weighted by molar-refractivity contribution is 0.139. The molecule has 0 N–H and O–H groups in total. The van der Waals surface area contributed by atoms with Gasteiger partial charge < -0.3 is 32.9 Å². The Morgan fingerprint density at radius 3 is 0.417 bits per heavy atom. The predicted octanol–water partition coefficient (Wildman–Crippen LogP) is 1.08. The van der Waals surface area contributed by atoms with Gasteiger partial charge in [0.1, 0.15) is 0 Å². The van der Waals surface area contributed by atoms with E-state index >= 15 is 0 Å². The van der Waals surface area contributed by atoms with Crippen molar-refractivity contribution in [3.05, 3.63) is 0 Å². The van der Waals surface area contributed by atoms with Gasteiger partial charge in [0.2, 0.25) is 0 Å². The van der Waals surface area contributed by atoms with Gasteiger partial charge in [-0.25, -0.2) is 0 Å². The molecule has 0 aromatic carbocycles. The van der Waals surface area contributed by atoms with Crippen molar-refractivity contribution in [3.8, 4) is 0 Å². The van der Waals surface area contributed by atoms with E-state index in [4.69, 9.17) is 32.9 Å². The van der Waals surface area contributed by atoms with Gasteiger partial charge in [-0.1, -0.05) is 0 Å². The lowest BCUT2D eigenvalue weighted by Crippen LogP contribution is -3.03. The predicted molar refractivity (Wildman–Crippen MR) is 102 cm³/mol. The Morgan fingerprint density at radius 1 is 0.250 bits per heavy atom. The second kappa shape index (κ2) is 4.06. The molecule has 0 aromatic rings. The van der Waals surface area contributed by atoms with Crippen LogP contribution in [-0.2, 0) is 32.9 Å². The molecule has 4 aliphatic heterocycles. The molecule has 4 rings (SSSR count). The van der Waals surface area contributed by atoms with E-state index in [1.807, 2.05) is 0 Å². The van der Waals surface area contributed by atoms with Crippen molar-refractivity contribution in [2.45, 2.75) is 52.4 Å². The SMILES string of the molecule is C[Si]12O[Si]3(C)O[Si]4(C)O[Si](C)(O1)[Si]1(C)O[Si]2(C)O[Si]3(C)O[Si]4(C)O1. The van der Waals surface area contributed by atoms with Crippen molar-refractivity contribution in [2.24, 2.45) is 0 Å². The molecule has 4 fully saturated rings. The molecule has 0 bridgehead atoms. The van der Waals surface area contributed by atoms with E-state index in [-0.39, 0.29) is 0 Å². The first-order chi connectivity index (χ1) is 10.7. The van der Waals surface area contributed by atoms with Crippen LogP contribution in [0.15, 0.2) is 0 Å². The van der Waals surface area contributed by atoms with E-state index in [2.05, 4.69) is 52.4 Å². The lowest BCUT2D eigenvalue weighted by Gasteiger charge is -2.73. The number of hydrogen-bond donors (Lipinski definition) is 0. The zero-order chi connectivity index (χ0) is 17.7. The fraction of sp³-hybridized carbons (Fsp3) is 1.00. The summed E-state index contributed by atoms with van der Waals surface area (Å²) >= 11 is 0. The Labute approximate surface area is 149 Å². The maximum Gasteiger partial charge on any atom is 0.362 e. The smallest absolute Gasteiger partial charge is 0.362 e. The molecule has 0 aliphatic carbocycles. The van der Waals surface area contributed by atoms with E-state index in [0.717, 1.165) is 0 Å². The monoisotopic (exact) mass is 472 g/mol. The van der Waals surface area contributed by atoms with Crippen molar-refractivity contribution in [3.63, 3.8) is 0 Å². The van der Waals surface area contributed by atoms with E-state index in [1.54, 1.807) is 0 Å². The first kappa shape index (κ1) is 17.5. The Hall–Kier alpha value is 1.42. The number of hydrogen-bond acceptors (Lipinski definition) is 8. The van der Waals surface area contributed by atoms with Crippen molar-refractivity contribution in [2.75, 3.05) is 0 Å². The molecule has 0 unspecified atom stereocenters. The largest absolute Gasteiger partial charge is 0.414 e. The van der Waals surface area contributed by atoms with Gasteiger partial charge in [0.25, 0.3) is 0 Å². The Bertz CT molecular complexity index is 488. The number of fused-ring (bicyclic) bond motifs is 4. The van der Waals surface area contributed by atoms with Crippen molar-refractivity contribution in [1.29, 1.82) is 0 Å². The van der Waals surface area contributed by atoms with Gasteiger partial charge in [-0.2, -0.15) is 0 Å². The van der Waals surface area contributed by atoms with Crippen LogP contribution >= 0.6 is 0 Å². The zero-order valence-electron chi connectivity index (χ0n) is 15.3. The third-order valence-corrected chi connectivity index (χ3v) is 72.4. The van der Waals surface area contributed by atoms with Crippen LogP contribution in [-0.4, -0.2) is 64.6 Å². The molecule has 0 aromatic heterocycles. The molecule has 24 heavy (non-hydrogen) atoms. The topological polar surface area (TPSA) is 73.8 Å². The van der Waals surface area contributed by atoms with Crippen LogP contribution in [0.5, 0.6) is 0 Å². The second-order valence-corrected chi connectivity index (χ2v) is 51.8. The molecule has 16 heteroatoms. The minimum atomic E-state index is -2.71. The molecular weight excluding hydrogens is 449 g/mol. The van der Waals surface area contributed by atoms with Gasteiger partial charge in [0.15, 0.2) is 0 Å². The first-order valence-electron chi connectivity index (χ1n) is 8.27. The van der Waals surface area contributed by atoms with E-state index in [0.29, 0.717) is 0 Å². The summed E-state index contributed by atoms with van der Waals surface area (Å²) in [4.78, 5) is 0. The van der Waals surface area contributed by atoms with Crippen LogP contribution in [0.1, 0.15) is 0 Å². The van der Waals surface area contributed by atoms with Crippen LogP contribution in [0, 0.1) is 0 Å². The van der Waals surface area contributed by atoms with Crippen LogP contribution in [0.3, 0.4) is 0 Å². The highest BCUT2D eigenvalue weighted by Crippen LogP contribution is 2.58. The van der Waals surface area contributed by atoms with Crippen molar-refractivity contribution in [1.82, 2.24) is 0 Å². The summed E-state index contributed by atoms with van der Waals surface area (Å²) in [5.41, 5.74) is 0. The average Bonchev–Trinajstić information content (AvgIpc) is 2.28. The van der Waals surface area contributed by atoms with Gasteiger partial charge in [-0.3, -0.25) is 0 Å². The first-order valence-corrected chi connectivity index (χ1v) is 30.8. The van der Waals surface area contributed by atoms with Crippen LogP contribution in [0.2, 0.25) is 52.4 Å². The maximum atomic E-state index is 6.83. The molecule has 0 saturated carbocycles. The van der Waals surface area contributed by atoms with E-state index in [1.165, 1.54) is 0 Å². The van der Waals surface area contributed by atoms with Crippen molar-refractivity contribution < 1.29 is 32.9 Å². The molecule has 0 atom stereocenters.